The number of phenolic OH excluding ortho intramolecular Hbond substituents is 2. The fourth-order valence-corrected chi connectivity index (χ4v) is 2.51. The molecule has 0 aliphatic heterocycles. The van der Waals surface area contributed by atoms with Crippen LogP contribution in [0.2, 0.25) is 0 Å². The summed E-state index contributed by atoms with van der Waals surface area (Å²) in [5, 5.41) is 22.5. The van der Waals surface area contributed by atoms with E-state index in [1.165, 1.54) is 0 Å². The van der Waals surface area contributed by atoms with E-state index in [0.717, 1.165) is 21.5 Å². The number of rotatable bonds is 0. The van der Waals surface area contributed by atoms with E-state index in [0.29, 0.717) is 11.4 Å². The summed E-state index contributed by atoms with van der Waals surface area (Å²) in [4.78, 5) is 0. The summed E-state index contributed by atoms with van der Waals surface area (Å²) in [5.74, 6) is 0.628. The van der Waals surface area contributed by atoms with E-state index in [-0.39, 0.29) is 5.75 Å². The second-order valence-electron chi connectivity index (χ2n) is 5.22. The average Bonchev–Trinajstić information content (AvgIpc) is 2.60. The van der Waals surface area contributed by atoms with Crippen LogP contribution in [0.1, 0.15) is 0 Å². The molecule has 4 N–H and O–H groups in total. The Bertz CT molecular complexity index is 918. The van der Waals surface area contributed by atoms with E-state index in [4.69, 9.17) is 5.73 Å². The molecule has 0 fully saturated rings. The van der Waals surface area contributed by atoms with Gasteiger partial charge < -0.3 is 15.9 Å². The number of hydrogen-bond acceptors (Lipinski definition) is 3. The van der Waals surface area contributed by atoms with Crippen LogP contribution in [-0.4, -0.2) is 10.2 Å². The summed E-state index contributed by atoms with van der Waals surface area (Å²) >= 11 is 0. The van der Waals surface area contributed by atoms with Crippen LogP contribution in [0.4, 0.5) is 5.69 Å². The number of fused-ring (bicyclic) bond motifs is 2. The molecule has 0 amide bonds. The lowest BCUT2D eigenvalue weighted by Gasteiger charge is -2.02. The molecule has 0 bridgehead atoms. The zero-order chi connectivity index (χ0) is 16.2. The molecular weight excluding hydrogens is 286 g/mol. The number of nitrogens with two attached hydrogens (primary N) is 1. The molecule has 3 heteroatoms. The van der Waals surface area contributed by atoms with Gasteiger partial charge in [-0.15, -0.1) is 0 Å². The van der Waals surface area contributed by atoms with Crippen molar-refractivity contribution < 1.29 is 10.2 Å². The van der Waals surface area contributed by atoms with Crippen molar-refractivity contribution in [1.82, 2.24) is 0 Å². The minimum absolute atomic E-state index is 0.278. The van der Waals surface area contributed by atoms with E-state index in [1.54, 1.807) is 18.2 Å². The van der Waals surface area contributed by atoms with Gasteiger partial charge in [0.05, 0.1) is 0 Å². The van der Waals surface area contributed by atoms with Gasteiger partial charge in [0.25, 0.3) is 0 Å². The molecule has 0 aliphatic rings. The maximum Gasteiger partial charge on any atom is 0.123 e. The van der Waals surface area contributed by atoms with Gasteiger partial charge in [0, 0.05) is 21.8 Å². The minimum atomic E-state index is 0.278. The molecule has 23 heavy (non-hydrogen) atoms. The average molecular weight is 303 g/mol. The van der Waals surface area contributed by atoms with Gasteiger partial charge in [0.1, 0.15) is 11.5 Å². The molecular formula is C20H17NO2. The monoisotopic (exact) mass is 303 g/mol. The highest BCUT2D eigenvalue weighted by molar-refractivity contribution is 5.96. The highest BCUT2D eigenvalue weighted by atomic mass is 16.3. The molecule has 0 saturated heterocycles. The predicted octanol–water partition coefficient (Wildman–Crippen LogP) is 4.67. The number of anilines is 1. The molecule has 0 saturated carbocycles. The van der Waals surface area contributed by atoms with Gasteiger partial charge in [0.2, 0.25) is 0 Å². The Balaban J connectivity index is 0.000000136. The first kappa shape index (κ1) is 14.7. The summed E-state index contributed by atoms with van der Waals surface area (Å²) in [7, 11) is 0. The Labute approximate surface area is 134 Å². The number of hydrogen-bond donors (Lipinski definition) is 3. The molecule has 0 unspecified atom stereocenters. The van der Waals surface area contributed by atoms with Crippen molar-refractivity contribution in [3.05, 3.63) is 78.9 Å². The Morgan fingerprint density at radius 1 is 0.522 bits per heavy atom. The fraction of sp³-hybridized carbons (Fsp3) is 0. The van der Waals surface area contributed by atoms with E-state index in [9.17, 15) is 10.2 Å². The Hall–Kier alpha value is -3.20. The first-order chi connectivity index (χ1) is 11.2. The molecule has 0 spiro atoms. The lowest BCUT2D eigenvalue weighted by atomic mass is 10.1. The molecule has 3 nitrogen and oxygen atoms in total. The normalized spacial score (nSPS) is 10.3. The lowest BCUT2D eigenvalue weighted by Crippen LogP contribution is -1.85. The third-order valence-electron chi connectivity index (χ3n) is 3.70. The van der Waals surface area contributed by atoms with Crippen LogP contribution in [0.25, 0.3) is 21.5 Å². The van der Waals surface area contributed by atoms with Crippen LogP contribution in [0.15, 0.2) is 78.9 Å². The Kier molecular flexibility index (Phi) is 4.02. The van der Waals surface area contributed by atoms with Crippen molar-refractivity contribution in [3.8, 4) is 11.5 Å². The van der Waals surface area contributed by atoms with E-state index in [1.807, 2.05) is 60.7 Å². The molecule has 114 valence electrons. The van der Waals surface area contributed by atoms with Crippen LogP contribution in [-0.2, 0) is 0 Å². The van der Waals surface area contributed by atoms with Gasteiger partial charge in [-0.05, 0) is 23.6 Å². The first-order valence-corrected chi connectivity index (χ1v) is 7.30. The molecule has 0 radical (unpaired) electrons. The standard InChI is InChI=1S/C10H9NO.C10H8O/c11-9-5-6-10(12)8-4-2-1-3-7(8)9;11-10-7-3-5-8-4-1-2-6-9(8)10/h1-6,12H,11H2;1-7,11H. The molecule has 0 heterocycles. The molecule has 0 atom stereocenters. The van der Waals surface area contributed by atoms with Gasteiger partial charge >= 0.3 is 0 Å². The summed E-state index contributed by atoms with van der Waals surface area (Å²) in [5.41, 5.74) is 6.41. The highest BCUT2D eigenvalue weighted by Crippen LogP contribution is 2.28. The second-order valence-corrected chi connectivity index (χ2v) is 5.22. The summed E-state index contributed by atoms with van der Waals surface area (Å²) in [6.45, 7) is 0. The SMILES string of the molecule is Nc1ccc(O)c2ccccc12.Oc1cccc2ccccc12. The number of nitrogen functional groups attached to an aromatic ring is 1. The Morgan fingerprint density at radius 2 is 1.09 bits per heavy atom. The largest absolute Gasteiger partial charge is 0.507 e. The molecule has 4 aromatic rings. The Morgan fingerprint density at radius 3 is 1.78 bits per heavy atom. The number of phenols is 2. The fourth-order valence-electron chi connectivity index (χ4n) is 2.51. The summed E-state index contributed by atoms with van der Waals surface area (Å²) in [6.07, 6.45) is 0. The first-order valence-electron chi connectivity index (χ1n) is 7.30. The van der Waals surface area contributed by atoms with Crippen molar-refractivity contribution in [2.45, 2.75) is 0 Å². The lowest BCUT2D eigenvalue weighted by molar-refractivity contribution is 0.481. The zero-order valence-electron chi connectivity index (χ0n) is 12.5. The second kappa shape index (κ2) is 6.28. The summed E-state index contributed by atoms with van der Waals surface area (Å²) < 4.78 is 0. The minimum Gasteiger partial charge on any atom is -0.507 e. The third kappa shape index (κ3) is 3.04. The van der Waals surface area contributed by atoms with Gasteiger partial charge in [-0.3, -0.25) is 0 Å². The van der Waals surface area contributed by atoms with Gasteiger partial charge in [-0.2, -0.15) is 0 Å². The van der Waals surface area contributed by atoms with Crippen molar-refractivity contribution >= 4 is 27.2 Å². The predicted molar refractivity (Wildman–Crippen MR) is 95.6 cm³/mol. The van der Waals surface area contributed by atoms with Gasteiger partial charge in [-0.25, -0.2) is 0 Å². The van der Waals surface area contributed by atoms with Crippen LogP contribution < -0.4 is 5.73 Å². The topological polar surface area (TPSA) is 66.5 Å². The maximum atomic E-state index is 9.44. The van der Waals surface area contributed by atoms with Crippen molar-refractivity contribution in [2.75, 3.05) is 5.73 Å². The maximum absolute atomic E-state index is 9.44. The summed E-state index contributed by atoms with van der Waals surface area (Å²) in [6, 6.07) is 24.1. The quantitative estimate of drug-likeness (QED) is 0.326. The van der Waals surface area contributed by atoms with Crippen molar-refractivity contribution in [1.29, 1.82) is 0 Å². The molecule has 4 rings (SSSR count). The van der Waals surface area contributed by atoms with E-state index in [2.05, 4.69) is 0 Å². The molecule has 0 aliphatic carbocycles. The third-order valence-corrected chi connectivity index (χ3v) is 3.70. The van der Waals surface area contributed by atoms with Gasteiger partial charge in [0.15, 0.2) is 0 Å². The van der Waals surface area contributed by atoms with Crippen LogP contribution in [0, 0.1) is 0 Å². The zero-order valence-corrected chi connectivity index (χ0v) is 12.5. The highest BCUT2D eigenvalue weighted by Gasteiger charge is 2.00. The van der Waals surface area contributed by atoms with Crippen molar-refractivity contribution in [2.24, 2.45) is 0 Å². The van der Waals surface area contributed by atoms with E-state index < -0.39 is 0 Å². The van der Waals surface area contributed by atoms with Gasteiger partial charge in [-0.1, -0.05) is 60.7 Å². The van der Waals surface area contributed by atoms with Crippen LogP contribution in [0.5, 0.6) is 11.5 Å². The number of benzene rings is 4. The van der Waals surface area contributed by atoms with Crippen molar-refractivity contribution in [3.63, 3.8) is 0 Å². The number of aromatic hydroxyl groups is 2. The van der Waals surface area contributed by atoms with E-state index >= 15 is 0 Å². The van der Waals surface area contributed by atoms with Crippen LogP contribution in [0.3, 0.4) is 0 Å². The smallest absolute Gasteiger partial charge is 0.123 e. The molecule has 4 aromatic carbocycles. The molecule has 0 aromatic heterocycles. The van der Waals surface area contributed by atoms with Crippen LogP contribution >= 0.6 is 0 Å².